The van der Waals surface area contributed by atoms with Gasteiger partial charge in [0, 0.05) is 37.3 Å². The highest BCUT2D eigenvalue weighted by molar-refractivity contribution is 5.98. The van der Waals surface area contributed by atoms with Crippen molar-refractivity contribution in [3.05, 3.63) is 29.8 Å². The lowest BCUT2D eigenvalue weighted by Crippen LogP contribution is -2.42. The van der Waals surface area contributed by atoms with Crippen molar-refractivity contribution in [3.63, 3.8) is 0 Å². The molecule has 2 heterocycles. The molecule has 8 heteroatoms. The van der Waals surface area contributed by atoms with E-state index in [1.54, 1.807) is 41.0 Å². The fraction of sp³-hybridized carbons (Fsp3) is 0.545. The van der Waals surface area contributed by atoms with Gasteiger partial charge >= 0.3 is 5.97 Å². The van der Waals surface area contributed by atoms with Crippen LogP contribution in [0.2, 0.25) is 0 Å². The van der Waals surface area contributed by atoms with Crippen LogP contribution in [0.3, 0.4) is 0 Å². The summed E-state index contributed by atoms with van der Waals surface area (Å²) in [6.07, 6.45) is 4.66. The normalized spacial score (nSPS) is 18.0. The second-order valence-electron chi connectivity index (χ2n) is 7.75. The first-order valence-electron chi connectivity index (χ1n) is 10.6. The van der Waals surface area contributed by atoms with Gasteiger partial charge in [-0.2, -0.15) is 0 Å². The van der Waals surface area contributed by atoms with Gasteiger partial charge in [-0.1, -0.05) is 12.8 Å². The average Bonchev–Trinajstić information content (AvgIpc) is 3.00. The van der Waals surface area contributed by atoms with E-state index in [0.717, 1.165) is 37.8 Å². The second kappa shape index (κ2) is 10.2. The van der Waals surface area contributed by atoms with Crippen LogP contribution in [0.25, 0.3) is 0 Å². The Morgan fingerprint density at radius 3 is 2.27 bits per heavy atom. The number of likely N-dealkylation sites (tertiary alicyclic amines) is 1. The SMILES string of the molecule is C[C@@H](OC(=O)CNC(=O)c1ccc(N2CCCC2=O)cc1)C(=O)N1CCCCCC1. The van der Waals surface area contributed by atoms with Gasteiger partial charge < -0.3 is 19.9 Å². The highest BCUT2D eigenvalue weighted by Gasteiger charge is 2.25. The summed E-state index contributed by atoms with van der Waals surface area (Å²) in [6, 6.07) is 6.68. The molecule has 8 nitrogen and oxygen atoms in total. The molecule has 0 aromatic heterocycles. The van der Waals surface area contributed by atoms with Gasteiger partial charge in [0.15, 0.2) is 6.10 Å². The molecule has 1 atom stereocenters. The summed E-state index contributed by atoms with van der Waals surface area (Å²) in [5.41, 5.74) is 1.14. The summed E-state index contributed by atoms with van der Waals surface area (Å²) >= 11 is 0. The number of amides is 3. The van der Waals surface area contributed by atoms with E-state index in [1.165, 1.54) is 0 Å². The average molecular weight is 415 g/mol. The molecular weight excluding hydrogens is 386 g/mol. The molecule has 1 aromatic carbocycles. The quantitative estimate of drug-likeness (QED) is 0.716. The van der Waals surface area contributed by atoms with Crippen LogP contribution < -0.4 is 10.2 Å². The summed E-state index contributed by atoms with van der Waals surface area (Å²) in [6.45, 7) is 3.31. The van der Waals surface area contributed by atoms with Crippen LogP contribution in [0.5, 0.6) is 0 Å². The molecule has 1 N–H and O–H groups in total. The molecule has 162 valence electrons. The zero-order valence-corrected chi connectivity index (χ0v) is 17.4. The van der Waals surface area contributed by atoms with Crippen molar-refractivity contribution < 1.29 is 23.9 Å². The minimum absolute atomic E-state index is 0.0822. The number of rotatable bonds is 6. The number of benzene rings is 1. The van der Waals surface area contributed by atoms with E-state index >= 15 is 0 Å². The molecule has 0 saturated carbocycles. The van der Waals surface area contributed by atoms with Crippen molar-refractivity contribution in [3.8, 4) is 0 Å². The van der Waals surface area contributed by atoms with Crippen LogP contribution in [0, 0.1) is 0 Å². The van der Waals surface area contributed by atoms with Crippen molar-refractivity contribution in [1.29, 1.82) is 0 Å². The first kappa shape index (κ1) is 21.8. The third-order valence-corrected chi connectivity index (χ3v) is 5.48. The molecule has 0 aliphatic carbocycles. The number of carbonyl (C=O) groups excluding carboxylic acids is 4. The van der Waals surface area contributed by atoms with Crippen molar-refractivity contribution in [2.24, 2.45) is 0 Å². The van der Waals surface area contributed by atoms with E-state index < -0.39 is 18.0 Å². The van der Waals surface area contributed by atoms with Crippen molar-refractivity contribution >= 4 is 29.4 Å². The number of nitrogens with zero attached hydrogens (tertiary/aromatic N) is 2. The van der Waals surface area contributed by atoms with Gasteiger partial charge in [-0.15, -0.1) is 0 Å². The molecule has 2 aliphatic heterocycles. The van der Waals surface area contributed by atoms with E-state index in [1.807, 2.05) is 0 Å². The first-order valence-corrected chi connectivity index (χ1v) is 10.6. The maximum Gasteiger partial charge on any atom is 0.326 e. The second-order valence-corrected chi connectivity index (χ2v) is 7.75. The summed E-state index contributed by atoms with van der Waals surface area (Å²) in [4.78, 5) is 52.0. The number of esters is 1. The van der Waals surface area contributed by atoms with E-state index in [0.29, 0.717) is 31.6 Å². The molecule has 3 amide bonds. The topological polar surface area (TPSA) is 96.0 Å². The van der Waals surface area contributed by atoms with Crippen LogP contribution in [-0.4, -0.2) is 60.9 Å². The lowest BCUT2D eigenvalue weighted by atomic mass is 10.2. The smallest absolute Gasteiger partial charge is 0.326 e. The van der Waals surface area contributed by atoms with Gasteiger partial charge in [0.25, 0.3) is 11.8 Å². The molecule has 1 aromatic rings. The Balaban J connectivity index is 1.45. The largest absolute Gasteiger partial charge is 0.451 e. The molecule has 2 aliphatic rings. The number of hydrogen-bond donors (Lipinski definition) is 1. The highest BCUT2D eigenvalue weighted by Crippen LogP contribution is 2.21. The number of hydrogen-bond acceptors (Lipinski definition) is 5. The van der Waals surface area contributed by atoms with Crippen LogP contribution in [0.1, 0.15) is 55.8 Å². The third-order valence-electron chi connectivity index (χ3n) is 5.48. The van der Waals surface area contributed by atoms with Gasteiger partial charge in [-0.05, 0) is 50.5 Å². The van der Waals surface area contributed by atoms with E-state index in [9.17, 15) is 19.2 Å². The van der Waals surface area contributed by atoms with Crippen LogP contribution >= 0.6 is 0 Å². The van der Waals surface area contributed by atoms with E-state index in [-0.39, 0.29) is 18.4 Å². The molecule has 2 saturated heterocycles. The number of carbonyl (C=O) groups is 4. The summed E-state index contributed by atoms with van der Waals surface area (Å²) in [5, 5.41) is 2.51. The minimum atomic E-state index is -0.871. The van der Waals surface area contributed by atoms with Gasteiger partial charge in [-0.25, -0.2) is 0 Å². The van der Waals surface area contributed by atoms with Crippen LogP contribution in [-0.2, 0) is 19.1 Å². The fourth-order valence-corrected chi connectivity index (χ4v) is 3.81. The highest BCUT2D eigenvalue weighted by atomic mass is 16.5. The Morgan fingerprint density at radius 1 is 1.00 bits per heavy atom. The summed E-state index contributed by atoms with van der Waals surface area (Å²) in [7, 11) is 0. The van der Waals surface area contributed by atoms with Gasteiger partial charge in [0.2, 0.25) is 5.91 Å². The Morgan fingerprint density at radius 2 is 1.67 bits per heavy atom. The van der Waals surface area contributed by atoms with Crippen molar-refractivity contribution in [1.82, 2.24) is 10.2 Å². The van der Waals surface area contributed by atoms with Gasteiger partial charge in [0.1, 0.15) is 6.54 Å². The molecule has 3 rings (SSSR count). The Hall–Kier alpha value is -2.90. The molecule has 0 unspecified atom stereocenters. The lowest BCUT2D eigenvalue weighted by Gasteiger charge is -2.24. The lowest BCUT2D eigenvalue weighted by molar-refractivity contribution is -0.158. The third kappa shape index (κ3) is 5.58. The fourth-order valence-electron chi connectivity index (χ4n) is 3.81. The van der Waals surface area contributed by atoms with Crippen molar-refractivity contribution in [2.45, 2.75) is 51.6 Å². The van der Waals surface area contributed by atoms with Gasteiger partial charge in [0.05, 0.1) is 0 Å². The zero-order chi connectivity index (χ0) is 21.5. The van der Waals surface area contributed by atoms with Gasteiger partial charge in [-0.3, -0.25) is 19.2 Å². The number of ether oxygens (including phenoxy) is 1. The zero-order valence-electron chi connectivity index (χ0n) is 17.4. The predicted molar refractivity (Wildman–Crippen MR) is 111 cm³/mol. The van der Waals surface area contributed by atoms with E-state index in [4.69, 9.17) is 4.74 Å². The molecule has 0 spiro atoms. The monoisotopic (exact) mass is 415 g/mol. The molecular formula is C22H29N3O5. The Kier molecular flexibility index (Phi) is 7.43. The van der Waals surface area contributed by atoms with Crippen molar-refractivity contribution in [2.75, 3.05) is 31.1 Å². The maximum atomic E-state index is 12.4. The first-order chi connectivity index (χ1) is 14.5. The molecule has 2 fully saturated rings. The minimum Gasteiger partial charge on any atom is -0.451 e. The number of nitrogens with one attached hydrogen (secondary N) is 1. The Bertz CT molecular complexity index is 784. The number of anilines is 1. The maximum absolute atomic E-state index is 12.4. The predicted octanol–water partition coefficient (Wildman–Crippen LogP) is 1.88. The summed E-state index contributed by atoms with van der Waals surface area (Å²) < 4.78 is 5.20. The Labute approximate surface area is 176 Å². The van der Waals surface area contributed by atoms with Crippen LogP contribution in [0.15, 0.2) is 24.3 Å². The van der Waals surface area contributed by atoms with E-state index in [2.05, 4.69) is 5.32 Å². The molecule has 0 radical (unpaired) electrons. The standard InChI is InChI=1S/C22H29N3O5/c1-16(22(29)24-12-4-2-3-5-13-24)30-20(27)15-23-21(28)17-8-10-18(11-9-17)25-14-6-7-19(25)26/h8-11,16H,2-7,12-15H2,1H3,(H,23,28)/t16-/m1/s1. The van der Waals surface area contributed by atoms with Crippen LogP contribution in [0.4, 0.5) is 5.69 Å². The molecule has 0 bridgehead atoms. The summed E-state index contributed by atoms with van der Waals surface area (Å²) in [5.74, 6) is -1.18. The molecule has 30 heavy (non-hydrogen) atoms.